The van der Waals surface area contributed by atoms with Crippen molar-refractivity contribution in [2.75, 3.05) is 18.2 Å². The number of ether oxygens (including phenoxy) is 1. The molecule has 5 heteroatoms. The fourth-order valence-corrected chi connectivity index (χ4v) is 1.53. The quantitative estimate of drug-likeness (QED) is 0.796. The second kappa shape index (κ2) is 6.47. The fourth-order valence-electron chi connectivity index (χ4n) is 1.30. The van der Waals surface area contributed by atoms with Crippen molar-refractivity contribution >= 4 is 28.9 Å². The Morgan fingerprint density at radius 2 is 2.29 bits per heavy atom. The van der Waals surface area contributed by atoms with Crippen molar-refractivity contribution in [3.8, 4) is 0 Å². The monoisotopic (exact) mass is 256 g/mol. The van der Waals surface area contributed by atoms with E-state index in [1.807, 2.05) is 6.92 Å². The van der Waals surface area contributed by atoms with Crippen LogP contribution in [0.5, 0.6) is 0 Å². The van der Waals surface area contributed by atoms with E-state index in [1.54, 1.807) is 25.3 Å². The standard InChI is InChI=1S/C12H17ClN2O2/c1-8(17-2)3-6-12(16)15-11-5-4-9(14)7-10(11)13/h4-5,7-8H,3,6,14H2,1-2H3,(H,15,16). The molecule has 0 aromatic heterocycles. The highest BCUT2D eigenvalue weighted by Crippen LogP contribution is 2.24. The van der Waals surface area contributed by atoms with Crippen molar-refractivity contribution in [1.29, 1.82) is 0 Å². The van der Waals surface area contributed by atoms with E-state index in [4.69, 9.17) is 22.1 Å². The van der Waals surface area contributed by atoms with Crippen LogP contribution in [-0.2, 0) is 9.53 Å². The summed E-state index contributed by atoms with van der Waals surface area (Å²) in [7, 11) is 1.62. The predicted molar refractivity (Wildman–Crippen MR) is 70.2 cm³/mol. The number of nitrogens with two attached hydrogens (primary N) is 1. The van der Waals surface area contributed by atoms with Gasteiger partial charge in [-0.25, -0.2) is 0 Å². The van der Waals surface area contributed by atoms with Gasteiger partial charge in [-0.2, -0.15) is 0 Å². The Hall–Kier alpha value is -1.26. The number of rotatable bonds is 5. The normalized spacial score (nSPS) is 12.2. The maximum Gasteiger partial charge on any atom is 0.224 e. The van der Waals surface area contributed by atoms with Gasteiger partial charge in [0, 0.05) is 19.2 Å². The number of amides is 1. The van der Waals surface area contributed by atoms with Gasteiger partial charge in [0.05, 0.1) is 16.8 Å². The summed E-state index contributed by atoms with van der Waals surface area (Å²) in [4.78, 5) is 11.6. The smallest absolute Gasteiger partial charge is 0.224 e. The van der Waals surface area contributed by atoms with Crippen molar-refractivity contribution in [2.24, 2.45) is 0 Å². The maximum atomic E-state index is 11.6. The van der Waals surface area contributed by atoms with Gasteiger partial charge >= 0.3 is 0 Å². The van der Waals surface area contributed by atoms with Crippen LogP contribution in [0.15, 0.2) is 18.2 Å². The second-order valence-corrected chi connectivity index (χ2v) is 4.28. The summed E-state index contributed by atoms with van der Waals surface area (Å²) in [5.74, 6) is -0.0828. The zero-order chi connectivity index (χ0) is 12.8. The predicted octanol–water partition coefficient (Wildman–Crippen LogP) is 2.68. The molecule has 0 heterocycles. The van der Waals surface area contributed by atoms with Gasteiger partial charge in [0.15, 0.2) is 0 Å². The molecule has 1 amide bonds. The highest BCUT2D eigenvalue weighted by Gasteiger charge is 2.08. The van der Waals surface area contributed by atoms with Gasteiger partial charge in [0.25, 0.3) is 0 Å². The van der Waals surface area contributed by atoms with E-state index in [0.29, 0.717) is 29.2 Å². The number of hydrogen-bond donors (Lipinski definition) is 2. The van der Waals surface area contributed by atoms with Gasteiger partial charge in [0.1, 0.15) is 0 Å². The molecule has 0 bridgehead atoms. The Morgan fingerprint density at radius 3 is 2.88 bits per heavy atom. The van der Waals surface area contributed by atoms with Crippen molar-refractivity contribution in [2.45, 2.75) is 25.9 Å². The van der Waals surface area contributed by atoms with Crippen molar-refractivity contribution in [3.63, 3.8) is 0 Å². The molecule has 17 heavy (non-hydrogen) atoms. The molecule has 0 aliphatic carbocycles. The molecule has 94 valence electrons. The Balaban J connectivity index is 2.50. The molecule has 1 unspecified atom stereocenters. The molecule has 0 saturated carbocycles. The van der Waals surface area contributed by atoms with Crippen LogP contribution in [0.3, 0.4) is 0 Å². The lowest BCUT2D eigenvalue weighted by molar-refractivity contribution is -0.116. The average Bonchev–Trinajstić information content (AvgIpc) is 2.29. The summed E-state index contributed by atoms with van der Waals surface area (Å²) >= 11 is 5.94. The minimum atomic E-state index is -0.0828. The van der Waals surface area contributed by atoms with Crippen LogP contribution in [-0.4, -0.2) is 19.1 Å². The highest BCUT2D eigenvalue weighted by atomic mass is 35.5. The number of nitrogens with one attached hydrogen (secondary N) is 1. The van der Waals surface area contributed by atoms with Crippen LogP contribution in [0.25, 0.3) is 0 Å². The van der Waals surface area contributed by atoms with Crippen molar-refractivity contribution in [1.82, 2.24) is 0 Å². The molecule has 0 fully saturated rings. The molecule has 0 aliphatic rings. The van der Waals surface area contributed by atoms with Gasteiger partial charge in [-0.05, 0) is 31.5 Å². The third-order valence-electron chi connectivity index (χ3n) is 2.45. The second-order valence-electron chi connectivity index (χ2n) is 3.87. The van der Waals surface area contributed by atoms with E-state index in [9.17, 15) is 4.79 Å². The number of halogens is 1. The van der Waals surface area contributed by atoms with Gasteiger partial charge in [0.2, 0.25) is 5.91 Å². The molecule has 0 aliphatic heterocycles. The number of anilines is 2. The molecule has 0 radical (unpaired) electrons. The number of carbonyl (C=O) groups is 1. The average molecular weight is 257 g/mol. The lowest BCUT2D eigenvalue weighted by atomic mass is 10.2. The first-order valence-corrected chi connectivity index (χ1v) is 5.78. The van der Waals surface area contributed by atoms with Crippen molar-refractivity contribution < 1.29 is 9.53 Å². The van der Waals surface area contributed by atoms with E-state index in [0.717, 1.165) is 0 Å². The molecule has 4 nitrogen and oxygen atoms in total. The fraction of sp³-hybridized carbons (Fsp3) is 0.417. The van der Waals surface area contributed by atoms with Crippen LogP contribution in [0, 0.1) is 0 Å². The lowest BCUT2D eigenvalue weighted by Crippen LogP contribution is -2.15. The minimum absolute atomic E-state index is 0.0719. The van der Waals surface area contributed by atoms with Gasteiger partial charge in [-0.3, -0.25) is 4.79 Å². The van der Waals surface area contributed by atoms with Crippen molar-refractivity contribution in [3.05, 3.63) is 23.2 Å². The van der Waals surface area contributed by atoms with Gasteiger partial charge < -0.3 is 15.8 Å². The molecule has 1 aromatic carbocycles. The number of carbonyl (C=O) groups excluding carboxylic acids is 1. The van der Waals surface area contributed by atoms with E-state index in [1.165, 1.54) is 0 Å². The van der Waals surface area contributed by atoms with E-state index >= 15 is 0 Å². The summed E-state index contributed by atoms with van der Waals surface area (Å²) in [6.45, 7) is 1.92. The molecular formula is C12H17ClN2O2. The topological polar surface area (TPSA) is 64.3 Å². The maximum absolute atomic E-state index is 11.6. The molecule has 3 N–H and O–H groups in total. The largest absolute Gasteiger partial charge is 0.399 e. The van der Waals surface area contributed by atoms with Crippen LogP contribution in [0.1, 0.15) is 19.8 Å². The summed E-state index contributed by atoms with van der Waals surface area (Å²) < 4.78 is 5.07. The Morgan fingerprint density at radius 1 is 1.59 bits per heavy atom. The molecular weight excluding hydrogens is 240 g/mol. The van der Waals surface area contributed by atoms with Gasteiger partial charge in [-0.15, -0.1) is 0 Å². The first-order chi connectivity index (χ1) is 8.02. The summed E-state index contributed by atoms with van der Waals surface area (Å²) in [6.07, 6.45) is 1.15. The lowest BCUT2D eigenvalue weighted by Gasteiger charge is -2.10. The summed E-state index contributed by atoms with van der Waals surface area (Å²) in [5, 5.41) is 3.18. The Bertz CT molecular complexity index is 396. The Kier molecular flexibility index (Phi) is 5.25. The zero-order valence-electron chi connectivity index (χ0n) is 10.00. The molecule has 1 rings (SSSR count). The van der Waals surface area contributed by atoms with E-state index in [2.05, 4.69) is 5.32 Å². The van der Waals surface area contributed by atoms with Gasteiger partial charge in [-0.1, -0.05) is 11.6 Å². The zero-order valence-corrected chi connectivity index (χ0v) is 10.8. The van der Waals surface area contributed by atoms with Crippen LogP contribution in [0.2, 0.25) is 5.02 Å². The first kappa shape index (κ1) is 13.8. The van der Waals surface area contributed by atoms with Crippen LogP contribution in [0.4, 0.5) is 11.4 Å². The molecule has 0 saturated heterocycles. The number of hydrogen-bond acceptors (Lipinski definition) is 3. The number of benzene rings is 1. The van der Waals surface area contributed by atoms with E-state index in [-0.39, 0.29) is 12.0 Å². The molecule has 1 aromatic rings. The third-order valence-corrected chi connectivity index (χ3v) is 2.76. The molecule has 0 spiro atoms. The number of nitrogen functional groups attached to an aromatic ring is 1. The molecule has 1 atom stereocenters. The highest BCUT2D eigenvalue weighted by molar-refractivity contribution is 6.34. The SMILES string of the molecule is COC(C)CCC(=O)Nc1ccc(N)cc1Cl. The summed E-state index contributed by atoms with van der Waals surface area (Å²) in [5.41, 5.74) is 6.71. The minimum Gasteiger partial charge on any atom is -0.399 e. The van der Waals surface area contributed by atoms with E-state index < -0.39 is 0 Å². The third kappa shape index (κ3) is 4.63. The van der Waals surface area contributed by atoms with Crippen LogP contribution >= 0.6 is 11.6 Å². The number of methoxy groups -OCH3 is 1. The summed E-state index contributed by atoms with van der Waals surface area (Å²) in [6, 6.07) is 4.99. The van der Waals surface area contributed by atoms with Crippen LogP contribution < -0.4 is 11.1 Å². The Labute approximate surface area is 106 Å². The first-order valence-electron chi connectivity index (χ1n) is 5.40.